The van der Waals surface area contributed by atoms with Crippen molar-refractivity contribution < 1.29 is 83.8 Å². The quantitative estimate of drug-likeness (QED) is 0.190. The topological polar surface area (TPSA) is 123 Å². The number of nitro groups is 1. The first-order valence-corrected chi connectivity index (χ1v) is 2.02. The molecule has 12 heavy (non-hydrogen) atoms. The third-order valence-corrected chi connectivity index (χ3v) is 0.657. The Morgan fingerprint density at radius 1 is 1.08 bits per heavy atom. The van der Waals surface area contributed by atoms with E-state index in [1.54, 1.807) is 0 Å². The van der Waals surface area contributed by atoms with Gasteiger partial charge in [0.25, 0.3) is 6.04 Å². The number of aliphatic carboxylic acids is 2. The van der Waals surface area contributed by atoms with Crippen LogP contribution in [0.5, 0.6) is 0 Å². The van der Waals surface area contributed by atoms with Crippen LogP contribution in [0.4, 0.5) is 0 Å². The Bertz CT molecular complexity index is 160. The number of carbonyl (C=O) groups excluding carboxylic acids is 2. The fraction of sp³-hybridized carbons (Fsp3) is 0.333. The molecule has 56 valence electrons. The van der Waals surface area contributed by atoms with Crippen molar-refractivity contribution >= 4 is 11.9 Å². The number of rotatable bonds is 3. The Labute approximate surface area is 111 Å². The van der Waals surface area contributed by atoms with E-state index in [1.165, 1.54) is 0 Å². The predicted molar refractivity (Wildman–Crippen MR) is 20.8 cm³/mol. The van der Waals surface area contributed by atoms with Gasteiger partial charge in [-0.3, -0.25) is 10.1 Å². The smallest absolute Gasteiger partial charge is 0.543 e. The largest absolute Gasteiger partial charge is 1.00 e. The third kappa shape index (κ3) is 5.92. The summed E-state index contributed by atoms with van der Waals surface area (Å²) in [6, 6.07) is -2.78. The van der Waals surface area contributed by atoms with Crippen LogP contribution in [0.2, 0.25) is 0 Å². The van der Waals surface area contributed by atoms with E-state index < -0.39 is 22.9 Å². The molecule has 0 aliphatic heterocycles. The fourth-order valence-corrected chi connectivity index (χ4v) is 0.268. The SMILES string of the molecule is O=C([O-])C(C(=O)[O-])[N+](=O)[O-].[Na+].[Na+]. The van der Waals surface area contributed by atoms with Crippen LogP contribution < -0.4 is 69.3 Å². The standard InChI is InChI=1S/C3H3NO6.2Na/c5-2(6)1(3(7)8)4(9)10;;/h1H,(H,5,6)(H,7,8);;/q;2*+1/p-2. The molecule has 0 aliphatic rings. The summed E-state index contributed by atoms with van der Waals surface area (Å²) in [6.45, 7) is 0. The van der Waals surface area contributed by atoms with E-state index in [2.05, 4.69) is 0 Å². The molecule has 0 unspecified atom stereocenters. The van der Waals surface area contributed by atoms with Gasteiger partial charge in [-0.15, -0.1) is 0 Å². The van der Waals surface area contributed by atoms with E-state index in [0.29, 0.717) is 0 Å². The van der Waals surface area contributed by atoms with E-state index >= 15 is 0 Å². The molecule has 0 aromatic rings. The summed E-state index contributed by atoms with van der Waals surface area (Å²) in [5, 5.41) is 28.8. The van der Waals surface area contributed by atoms with Crippen LogP contribution in [0.25, 0.3) is 0 Å². The summed E-state index contributed by atoms with van der Waals surface area (Å²) < 4.78 is 0. The van der Waals surface area contributed by atoms with Crippen molar-refractivity contribution in [1.82, 2.24) is 0 Å². The number of nitrogens with zero attached hydrogens (tertiary/aromatic N) is 1. The maximum absolute atomic E-state index is 9.61. The predicted octanol–water partition coefficient (Wildman–Crippen LogP) is -9.86. The molecule has 9 heteroatoms. The molecule has 0 aliphatic carbocycles. The van der Waals surface area contributed by atoms with E-state index in [0.717, 1.165) is 0 Å². The monoisotopic (exact) mass is 193 g/mol. The van der Waals surface area contributed by atoms with Gasteiger partial charge in [-0.05, 0) is 0 Å². The molecule has 0 rings (SSSR count). The summed E-state index contributed by atoms with van der Waals surface area (Å²) in [7, 11) is 0. The van der Waals surface area contributed by atoms with Crippen LogP contribution in [-0.4, -0.2) is 22.9 Å². The molecule has 0 saturated heterocycles. The van der Waals surface area contributed by atoms with Crippen molar-refractivity contribution in [2.24, 2.45) is 0 Å². The second-order valence-corrected chi connectivity index (χ2v) is 1.33. The second-order valence-electron chi connectivity index (χ2n) is 1.33. The van der Waals surface area contributed by atoms with Crippen molar-refractivity contribution in [2.75, 3.05) is 0 Å². The minimum atomic E-state index is -2.78. The number of hydrogen-bond donors (Lipinski definition) is 0. The molecule has 0 spiro atoms. The zero-order chi connectivity index (χ0) is 8.31. The molecular formula is C3HNNa2O6. The van der Waals surface area contributed by atoms with Crippen LogP contribution >= 0.6 is 0 Å². The van der Waals surface area contributed by atoms with Crippen molar-refractivity contribution in [3.63, 3.8) is 0 Å². The van der Waals surface area contributed by atoms with Crippen LogP contribution in [-0.2, 0) is 9.59 Å². The minimum absolute atomic E-state index is 0. The average Bonchev–Trinajstić information content (AvgIpc) is 1.59. The fourth-order valence-electron chi connectivity index (χ4n) is 0.268. The van der Waals surface area contributed by atoms with Crippen LogP contribution in [0, 0.1) is 10.1 Å². The van der Waals surface area contributed by atoms with Crippen molar-refractivity contribution in [3.05, 3.63) is 10.1 Å². The minimum Gasteiger partial charge on any atom is -0.543 e. The van der Waals surface area contributed by atoms with E-state index in [1.807, 2.05) is 0 Å². The molecule has 0 saturated carbocycles. The second kappa shape index (κ2) is 7.96. The first kappa shape index (κ1) is 18.2. The first-order valence-electron chi connectivity index (χ1n) is 2.02. The third-order valence-electron chi connectivity index (χ3n) is 0.657. The summed E-state index contributed by atoms with van der Waals surface area (Å²) >= 11 is 0. The van der Waals surface area contributed by atoms with Gasteiger partial charge in [0.1, 0.15) is 11.9 Å². The Morgan fingerprint density at radius 3 is 1.33 bits per heavy atom. The normalized spacial score (nSPS) is 7.75. The maximum atomic E-state index is 9.61. The first-order chi connectivity index (χ1) is 4.46. The number of carboxylic acids is 2. The zero-order valence-corrected chi connectivity index (χ0v) is 10.5. The Morgan fingerprint density at radius 2 is 1.33 bits per heavy atom. The van der Waals surface area contributed by atoms with Gasteiger partial charge in [0.05, 0.1) is 0 Å². The molecule has 0 N–H and O–H groups in total. The van der Waals surface area contributed by atoms with E-state index in [9.17, 15) is 29.9 Å². The van der Waals surface area contributed by atoms with Crippen LogP contribution in [0.15, 0.2) is 0 Å². The number of hydrogen-bond acceptors (Lipinski definition) is 6. The molecule has 0 amide bonds. The molecule has 0 aromatic heterocycles. The van der Waals surface area contributed by atoms with Crippen molar-refractivity contribution in [1.29, 1.82) is 0 Å². The average molecular weight is 193 g/mol. The van der Waals surface area contributed by atoms with Gasteiger partial charge in [0.15, 0.2) is 0 Å². The van der Waals surface area contributed by atoms with Gasteiger partial charge in [-0.2, -0.15) is 0 Å². The summed E-state index contributed by atoms with van der Waals surface area (Å²) in [5.41, 5.74) is 0. The van der Waals surface area contributed by atoms with Gasteiger partial charge in [-0.1, -0.05) is 0 Å². The van der Waals surface area contributed by atoms with Crippen molar-refractivity contribution in [3.8, 4) is 0 Å². The summed E-state index contributed by atoms with van der Waals surface area (Å²) in [4.78, 5) is 27.3. The Hall–Kier alpha value is 0.340. The Kier molecular flexibility index (Phi) is 12.1. The van der Waals surface area contributed by atoms with Crippen LogP contribution in [0.1, 0.15) is 0 Å². The van der Waals surface area contributed by atoms with Gasteiger partial charge in [-0.25, -0.2) is 0 Å². The van der Waals surface area contributed by atoms with Gasteiger partial charge >= 0.3 is 59.1 Å². The molecule has 0 radical (unpaired) electrons. The molecule has 0 fully saturated rings. The summed E-state index contributed by atoms with van der Waals surface area (Å²) in [6.07, 6.45) is 0. The number of carbonyl (C=O) groups is 2. The molecule has 0 aromatic carbocycles. The molecule has 7 nitrogen and oxygen atoms in total. The van der Waals surface area contributed by atoms with Crippen molar-refractivity contribution in [2.45, 2.75) is 6.04 Å². The molecule has 0 heterocycles. The molecule has 0 bridgehead atoms. The molecule has 0 atom stereocenters. The Balaban J connectivity index is -0.000000405. The van der Waals surface area contributed by atoms with Gasteiger partial charge < -0.3 is 19.8 Å². The van der Waals surface area contributed by atoms with Gasteiger partial charge in [0, 0.05) is 4.92 Å². The van der Waals surface area contributed by atoms with Crippen LogP contribution in [0.3, 0.4) is 0 Å². The maximum Gasteiger partial charge on any atom is 1.00 e. The molecular weight excluding hydrogens is 192 g/mol. The number of carboxylic acid groups (broad SMARTS) is 2. The van der Waals surface area contributed by atoms with E-state index in [4.69, 9.17) is 0 Å². The zero-order valence-electron chi connectivity index (χ0n) is 6.47. The van der Waals surface area contributed by atoms with E-state index in [-0.39, 0.29) is 59.1 Å². The summed E-state index contributed by atoms with van der Waals surface area (Å²) in [5.74, 6) is -4.57. The van der Waals surface area contributed by atoms with Gasteiger partial charge in [0.2, 0.25) is 0 Å².